The van der Waals surface area contributed by atoms with E-state index in [1.807, 2.05) is 6.92 Å². The van der Waals surface area contributed by atoms with Crippen LogP contribution in [0.3, 0.4) is 0 Å². The van der Waals surface area contributed by atoms with Crippen molar-refractivity contribution in [2.45, 2.75) is 44.7 Å². The summed E-state index contributed by atoms with van der Waals surface area (Å²) in [5.41, 5.74) is 6.62. The molecule has 3 nitrogen and oxygen atoms in total. The summed E-state index contributed by atoms with van der Waals surface area (Å²) in [6.07, 6.45) is 3.75. The quantitative estimate of drug-likeness (QED) is 0.878. The van der Waals surface area contributed by atoms with E-state index >= 15 is 0 Å². The average Bonchev–Trinajstić information content (AvgIpc) is 2.25. The average molecular weight is 301 g/mol. The van der Waals surface area contributed by atoms with Crippen molar-refractivity contribution in [1.29, 1.82) is 0 Å². The zero-order chi connectivity index (χ0) is 13.8. The number of carbonyl (C=O) groups excluding carboxylic acids is 1. The lowest BCUT2D eigenvalue weighted by Gasteiger charge is -2.34. The predicted molar refractivity (Wildman–Crippen MR) is 80.1 cm³/mol. The lowest BCUT2D eigenvalue weighted by atomic mass is 9.77. The minimum Gasteiger partial charge on any atom is -0.349 e. The molecule has 20 heavy (non-hydrogen) atoms. The molecule has 112 valence electrons. The van der Waals surface area contributed by atoms with Crippen LogP contribution in [0.25, 0.3) is 0 Å². The number of hydrogen-bond donors (Lipinski definition) is 2. The van der Waals surface area contributed by atoms with Crippen molar-refractivity contribution in [3.8, 4) is 0 Å². The highest BCUT2D eigenvalue weighted by Crippen LogP contribution is 2.37. The van der Waals surface area contributed by atoms with Crippen LogP contribution in [0.4, 0.5) is 4.39 Å². The van der Waals surface area contributed by atoms with Gasteiger partial charge in [0.05, 0.1) is 6.04 Å². The number of halogens is 2. The second kappa shape index (κ2) is 7.60. The molecule has 1 aromatic carbocycles. The van der Waals surface area contributed by atoms with Crippen LogP contribution in [0.5, 0.6) is 0 Å². The Morgan fingerprint density at radius 2 is 2.00 bits per heavy atom. The Hall–Kier alpha value is -1.13. The summed E-state index contributed by atoms with van der Waals surface area (Å²) in [4.78, 5) is 11.9. The maximum atomic E-state index is 13.0. The van der Waals surface area contributed by atoms with Crippen molar-refractivity contribution in [3.63, 3.8) is 0 Å². The van der Waals surface area contributed by atoms with Crippen LogP contribution in [0.1, 0.15) is 44.2 Å². The topological polar surface area (TPSA) is 55.1 Å². The molecule has 3 N–H and O–H groups in total. The number of benzene rings is 1. The maximum absolute atomic E-state index is 13.0. The molecule has 1 aromatic rings. The predicted octanol–water partition coefficient (Wildman–Crippen LogP) is 2.94. The lowest BCUT2D eigenvalue weighted by Crippen LogP contribution is -2.38. The zero-order valence-electron chi connectivity index (χ0n) is 11.6. The molecule has 1 aliphatic rings. The van der Waals surface area contributed by atoms with E-state index < -0.39 is 0 Å². The standard InChI is InChI=1S/C15H21FN2O.ClH/c1-10(17)9-14(19)18-15(11-3-2-4-11)12-5-7-13(16)8-6-12;/h5-8,10-11,15H,2-4,9,17H2,1H3,(H,18,19);1H. The molecule has 0 aromatic heterocycles. The highest BCUT2D eigenvalue weighted by atomic mass is 35.5. The van der Waals surface area contributed by atoms with Crippen LogP contribution in [-0.4, -0.2) is 11.9 Å². The van der Waals surface area contributed by atoms with Gasteiger partial charge in [0.25, 0.3) is 0 Å². The highest BCUT2D eigenvalue weighted by Gasteiger charge is 2.29. The largest absolute Gasteiger partial charge is 0.349 e. The van der Waals surface area contributed by atoms with Crippen LogP contribution in [0.2, 0.25) is 0 Å². The molecule has 1 amide bonds. The fourth-order valence-corrected chi connectivity index (χ4v) is 2.44. The highest BCUT2D eigenvalue weighted by molar-refractivity contribution is 5.85. The Labute approximate surface area is 125 Å². The van der Waals surface area contributed by atoms with Gasteiger partial charge in [-0.15, -0.1) is 12.4 Å². The van der Waals surface area contributed by atoms with Gasteiger partial charge in [-0.1, -0.05) is 18.6 Å². The Bertz CT molecular complexity index is 432. The fraction of sp³-hybridized carbons (Fsp3) is 0.533. The zero-order valence-corrected chi connectivity index (χ0v) is 12.5. The summed E-state index contributed by atoms with van der Waals surface area (Å²) >= 11 is 0. The molecule has 1 aliphatic carbocycles. The van der Waals surface area contributed by atoms with E-state index in [4.69, 9.17) is 5.73 Å². The summed E-state index contributed by atoms with van der Waals surface area (Å²) in [5, 5.41) is 3.04. The van der Waals surface area contributed by atoms with Gasteiger partial charge in [-0.05, 0) is 43.4 Å². The first-order valence-electron chi connectivity index (χ1n) is 6.86. The second-order valence-corrected chi connectivity index (χ2v) is 5.47. The Balaban J connectivity index is 0.00000200. The summed E-state index contributed by atoms with van der Waals surface area (Å²) in [5.74, 6) is 0.178. The van der Waals surface area contributed by atoms with Gasteiger partial charge in [-0.2, -0.15) is 0 Å². The maximum Gasteiger partial charge on any atom is 0.222 e. The molecule has 0 spiro atoms. The van der Waals surface area contributed by atoms with Crippen molar-refractivity contribution in [2.24, 2.45) is 11.7 Å². The number of nitrogens with one attached hydrogen (secondary N) is 1. The Morgan fingerprint density at radius 3 is 2.45 bits per heavy atom. The van der Waals surface area contributed by atoms with Gasteiger partial charge in [0.15, 0.2) is 0 Å². The number of amides is 1. The third-order valence-corrected chi connectivity index (χ3v) is 3.67. The number of rotatable bonds is 5. The minimum atomic E-state index is -0.252. The first-order chi connectivity index (χ1) is 9.06. The molecule has 0 bridgehead atoms. The van der Waals surface area contributed by atoms with E-state index in [1.54, 1.807) is 12.1 Å². The minimum absolute atomic E-state index is 0. The van der Waals surface area contributed by atoms with Crippen molar-refractivity contribution in [2.75, 3.05) is 0 Å². The SMILES string of the molecule is CC(N)CC(=O)NC(c1ccc(F)cc1)C1CCC1.Cl. The molecular weight excluding hydrogens is 279 g/mol. The molecule has 0 aliphatic heterocycles. The third-order valence-electron chi connectivity index (χ3n) is 3.67. The van der Waals surface area contributed by atoms with Gasteiger partial charge in [-0.25, -0.2) is 4.39 Å². The molecule has 1 saturated carbocycles. The van der Waals surface area contributed by atoms with Crippen LogP contribution in [0, 0.1) is 11.7 Å². The van der Waals surface area contributed by atoms with Crippen molar-refractivity contribution >= 4 is 18.3 Å². The van der Waals surface area contributed by atoms with Gasteiger partial charge >= 0.3 is 0 Å². The molecular formula is C15H22ClFN2O. The van der Waals surface area contributed by atoms with Crippen LogP contribution >= 0.6 is 12.4 Å². The normalized spacial score (nSPS) is 17.6. The summed E-state index contributed by atoms with van der Waals surface area (Å²) in [7, 11) is 0. The van der Waals surface area contributed by atoms with Gasteiger partial charge in [0.2, 0.25) is 5.91 Å². The molecule has 0 saturated heterocycles. The van der Waals surface area contributed by atoms with Crippen LogP contribution in [-0.2, 0) is 4.79 Å². The Morgan fingerprint density at radius 1 is 1.40 bits per heavy atom. The first-order valence-corrected chi connectivity index (χ1v) is 6.86. The molecule has 2 rings (SSSR count). The van der Waals surface area contributed by atoms with Crippen LogP contribution in [0.15, 0.2) is 24.3 Å². The monoisotopic (exact) mass is 300 g/mol. The molecule has 2 unspecified atom stereocenters. The van der Waals surface area contributed by atoms with E-state index in [2.05, 4.69) is 5.32 Å². The van der Waals surface area contributed by atoms with Gasteiger partial charge in [0, 0.05) is 12.5 Å². The smallest absolute Gasteiger partial charge is 0.222 e. The van der Waals surface area contributed by atoms with Crippen molar-refractivity contribution < 1.29 is 9.18 Å². The first kappa shape index (κ1) is 16.9. The fourth-order valence-electron chi connectivity index (χ4n) is 2.44. The summed E-state index contributed by atoms with van der Waals surface area (Å²) in [6, 6.07) is 6.24. The summed E-state index contributed by atoms with van der Waals surface area (Å²) in [6.45, 7) is 1.82. The van der Waals surface area contributed by atoms with Gasteiger partial charge in [0.1, 0.15) is 5.82 Å². The lowest BCUT2D eigenvalue weighted by molar-refractivity contribution is -0.122. The van der Waals surface area contributed by atoms with E-state index in [-0.39, 0.29) is 36.2 Å². The van der Waals surface area contributed by atoms with Crippen LogP contribution < -0.4 is 11.1 Å². The Kier molecular flexibility index (Phi) is 6.43. The number of hydrogen-bond acceptors (Lipinski definition) is 2. The number of carbonyl (C=O) groups is 1. The second-order valence-electron chi connectivity index (χ2n) is 5.47. The van der Waals surface area contributed by atoms with E-state index in [9.17, 15) is 9.18 Å². The van der Waals surface area contributed by atoms with Gasteiger partial charge < -0.3 is 11.1 Å². The molecule has 1 fully saturated rings. The van der Waals surface area contributed by atoms with Crippen molar-refractivity contribution in [1.82, 2.24) is 5.32 Å². The van der Waals surface area contributed by atoms with E-state index in [1.165, 1.54) is 18.6 Å². The molecule has 0 heterocycles. The van der Waals surface area contributed by atoms with Gasteiger partial charge in [-0.3, -0.25) is 4.79 Å². The molecule has 5 heteroatoms. The van der Waals surface area contributed by atoms with E-state index in [0.717, 1.165) is 18.4 Å². The third kappa shape index (κ3) is 4.46. The van der Waals surface area contributed by atoms with Crippen molar-refractivity contribution in [3.05, 3.63) is 35.6 Å². The van der Waals surface area contributed by atoms with E-state index in [0.29, 0.717) is 12.3 Å². The molecule has 2 atom stereocenters. The molecule has 0 radical (unpaired) electrons. The summed E-state index contributed by atoms with van der Waals surface area (Å²) < 4.78 is 13.0. The number of nitrogens with two attached hydrogens (primary N) is 1.